The number of sulfone groups is 1. The Kier molecular flexibility index (Phi) is 4.10. The molecule has 23 heavy (non-hydrogen) atoms. The molecule has 2 fully saturated rings. The summed E-state index contributed by atoms with van der Waals surface area (Å²) in [7, 11) is -3.16. The summed E-state index contributed by atoms with van der Waals surface area (Å²) < 4.78 is 28.3. The Morgan fingerprint density at radius 1 is 1.22 bits per heavy atom. The van der Waals surface area contributed by atoms with E-state index in [2.05, 4.69) is 11.8 Å². The van der Waals surface area contributed by atoms with E-state index in [0.717, 1.165) is 31.6 Å². The van der Waals surface area contributed by atoms with Crippen LogP contribution in [0.1, 0.15) is 18.9 Å². The van der Waals surface area contributed by atoms with E-state index in [4.69, 9.17) is 4.74 Å². The van der Waals surface area contributed by atoms with Gasteiger partial charge in [0.25, 0.3) is 0 Å². The van der Waals surface area contributed by atoms with Crippen LogP contribution in [0.15, 0.2) is 29.2 Å². The fraction of sp³-hybridized carbons (Fsp3) is 0.562. The Morgan fingerprint density at radius 2 is 1.91 bits per heavy atom. The Morgan fingerprint density at radius 3 is 2.52 bits per heavy atom. The number of carbonyl (C=O) groups is 1. The zero-order valence-corrected chi connectivity index (χ0v) is 14.3. The van der Waals surface area contributed by atoms with Crippen molar-refractivity contribution in [2.75, 3.05) is 32.5 Å². The highest BCUT2D eigenvalue weighted by Crippen LogP contribution is 2.32. The maximum absolute atomic E-state index is 11.8. The molecule has 0 saturated carbocycles. The monoisotopic (exact) mass is 338 g/mol. The van der Waals surface area contributed by atoms with Gasteiger partial charge >= 0.3 is 6.09 Å². The topological polar surface area (TPSA) is 66.9 Å². The summed E-state index contributed by atoms with van der Waals surface area (Å²) >= 11 is 0. The van der Waals surface area contributed by atoms with E-state index in [0.29, 0.717) is 18.0 Å². The third kappa shape index (κ3) is 3.07. The summed E-state index contributed by atoms with van der Waals surface area (Å²) in [6.45, 7) is 5.53. The predicted molar refractivity (Wildman–Crippen MR) is 85.9 cm³/mol. The lowest BCUT2D eigenvalue weighted by atomic mass is 9.92. The molecule has 6 nitrogen and oxygen atoms in total. The first kappa shape index (κ1) is 16.3. The standard InChI is InChI=1S/C16H22N2O4S/c1-3-16-11-17(8-9-18(16)15(19)22-12-16)10-13-4-6-14(7-5-13)23(2,20)21/h4-7H,3,8-12H2,1-2H3. The van der Waals surface area contributed by atoms with Gasteiger partial charge in [0.2, 0.25) is 0 Å². The lowest BCUT2D eigenvalue weighted by Gasteiger charge is -2.44. The predicted octanol–water partition coefficient (Wildman–Crippen LogP) is 1.51. The van der Waals surface area contributed by atoms with E-state index in [1.54, 1.807) is 12.1 Å². The van der Waals surface area contributed by atoms with Crippen molar-refractivity contribution in [3.05, 3.63) is 29.8 Å². The molecule has 1 amide bonds. The largest absolute Gasteiger partial charge is 0.447 e. The fourth-order valence-corrected chi connectivity index (χ4v) is 4.01. The van der Waals surface area contributed by atoms with Gasteiger partial charge in [0.05, 0.1) is 10.4 Å². The van der Waals surface area contributed by atoms with E-state index in [1.165, 1.54) is 6.26 Å². The highest BCUT2D eigenvalue weighted by atomic mass is 32.2. The quantitative estimate of drug-likeness (QED) is 0.832. The van der Waals surface area contributed by atoms with Gasteiger partial charge in [-0.15, -0.1) is 0 Å². The number of benzene rings is 1. The van der Waals surface area contributed by atoms with Crippen LogP contribution < -0.4 is 0 Å². The van der Waals surface area contributed by atoms with Gasteiger partial charge < -0.3 is 4.74 Å². The van der Waals surface area contributed by atoms with Gasteiger partial charge in [0.1, 0.15) is 6.61 Å². The van der Waals surface area contributed by atoms with Crippen LogP contribution >= 0.6 is 0 Å². The second-order valence-corrected chi connectivity index (χ2v) is 8.43. The van der Waals surface area contributed by atoms with Crippen LogP contribution in [0.5, 0.6) is 0 Å². The Bertz CT molecular complexity index is 701. The van der Waals surface area contributed by atoms with Gasteiger partial charge in [-0.3, -0.25) is 9.80 Å². The minimum atomic E-state index is -3.16. The zero-order chi connectivity index (χ0) is 16.7. The molecule has 0 radical (unpaired) electrons. The van der Waals surface area contributed by atoms with E-state index in [-0.39, 0.29) is 11.6 Å². The van der Waals surface area contributed by atoms with E-state index in [9.17, 15) is 13.2 Å². The second-order valence-electron chi connectivity index (χ2n) is 6.41. The molecule has 1 aromatic rings. The lowest BCUT2D eigenvalue weighted by Crippen LogP contribution is -2.60. The number of cyclic esters (lactones) is 1. The number of amides is 1. The Labute approximate surface area is 136 Å². The summed E-state index contributed by atoms with van der Waals surface area (Å²) in [4.78, 5) is 16.3. The number of hydrogen-bond acceptors (Lipinski definition) is 5. The first-order chi connectivity index (χ1) is 10.8. The molecule has 126 valence electrons. The van der Waals surface area contributed by atoms with Crippen LogP contribution in [-0.2, 0) is 21.1 Å². The van der Waals surface area contributed by atoms with Crippen LogP contribution in [-0.4, -0.2) is 62.3 Å². The van der Waals surface area contributed by atoms with Crippen molar-refractivity contribution in [1.82, 2.24) is 9.80 Å². The molecule has 7 heteroatoms. The van der Waals surface area contributed by atoms with Gasteiger partial charge in [-0.1, -0.05) is 19.1 Å². The average Bonchev–Trinajstić information content (AvgIpc) is 2.84. The molecule has 1 aromatic carbocycles. The number of hydrogen-bond donors (Lipinski definition) is 0. The first-order valence-corrected chi connectivity index (χ1v) is 9.69. The highest BCUT2D eigenvalue weighted by molar-refractivity contribution is 7.90. The summed E-state index contributed by atoms with van der Waals surface area (Å²) in [5.41, 5.74) is 0.851. The summed E-state index contributed by atoms with van der Waals surface area (Å²) in [5.74, 6) is 0. The number of rotatable bonds is 4. The lowest BCUT2D eigenvalue weighted by molar-refractivity contribution is 0.0449. The molecule has 0 bridgehead atoms. The number of ether oxygens (including phenoxy) is 1. The van der Waals surface area contributed by atoms with Crippen molar-refractivity contribution < 1.29 is 17.9 Å². The smallest absolute Gasteiger partial charge is 0.410 e. The van der Waals surface area contributed by atoms with Crippen LogP contribution in [0.3, 0.4) is 0 Å². The van der Waals surface area contributed by atoms with Crippen LogP contribution in [0.2, 0.25) is 0 Å². The fourth-order valence-electron chi connectivity index (χ4n) is 3.38. The molecule has 3 rings (SSSR count). The molecule has 2 aliphatic heterocycles. The second kappa shape index (κ2) is 5.79. The molecule has 1 unspecified atom stereocenters. The van der Waals surface area contributed by atoms with Crippen molar-refractivity contribution in [3.63, 3.8) is 0 Å². The molecule has 2 aliphatic rings. The number of piperazine rings is 1. The molecule has 0 spiro atoms. The van der Waals surface area contributed by atoms with Crippen LogP contribution in [0.25, 0.3) is 0 Å². The summed E-state index contributed by atoms with van der Waals surface area (Å²) in [5, 5.41) is 0. The summed E-state index contributed by atoms with van der Waals surface area (Å²) in [6.07, 6.45) is 1.87. The normalized spacial score (nSPS) is 25.3. The van der Waals surface area contributed by atoms with E-state index in [1.807, 2.05) is 17.0 Å². The Balaban J connectivity index is 1.71. The first-order valence-electron chi connectivity index (χ1n) is 7.80. The molecule has 1 atom stereocenters. The average molecular weight is 338 g/mol. The van der Waals surface area contributed by atoms with Gasteiger partial charge in [0.15, 0.2) is 9.84 Å². The van der Waals surface area contributed by atoms with Crippen LogP contribution in [0, 0.1) is 0 Å². The van der Waals surface area contributed by atoms with E-state index >= 15 is 0 Å². The third-order valence-corrected chi connectivity index (χ3v) is 5.96. The zero-order valence-electron chi connectivity index (χ0n) is 13.5. The number of fused-ring (bicyclic) bond motifs is 1. The van der Waals surface area contributed by atoms with Crippen molar-refractivity contribution in [3.8, 4) is 0 Å². The third-order valence-electron chi connectivity index (χ3n) is 4.83. The molecular weight excluding hydrogens is 316 g/mol. The molecule has 0 aliphatic carbocycles. The highest BCUT2D eigenvalue weighted by Gasteiger charge is 2.49. The molecule has 2 heterocycles. The molecular formula is C16H22N2O4S. The van der Waals surface area contributed by atoms with Gasteiger partial charge in [-0.05, 0) is 24.1 Å². The summed E-state index contributed by atoms with van der Waals surface area (Å²) in [6, 6.07) is 7.02. The SMILES string of the molecule is CCC12COC(=O)N1CCN(Cc1ccc(S(C)(=O)=O)cc1)C2. The van der Waals surface area contributed by atoms with Crippen molar-refractivity contribution >= 4 is 15.9 Å². The van der Waals surface area contributed by atoms with E-state index < -0.39 is 9.84 Å². The minimum Gasteiger partial charge on any atom is -0.447 e. The molecule has 2 saturated heterocycles. The van der Waals surface area contributed by atoms with Gasteiger partial charge in [-0.25, -0.2) is 13.2 Å². The number of nitrogens with zero attached hydrogens (tertiary/aromatic N) is 2. The molecule has 0 aromatic heterocycles. The molecule has 0 N–H and O–H groups in total. The van der Waals surface area contributed by atoms with Gasteiger partial charge in [-0.2, -0.15) is 0 Å². The van der Waals surface area contributed by atoms with Crippen molar-refractivity contribution in [2.45, 2.75) is 30.3 Å². The maximum Gasteiger partial charge on any atom is 0.410 e. The van der Waals surface area contributed by atoms with Crippen LogP contribution in [0.4, 0.5) is 4.79 Å². The van der Waals surface area contributed by atoms with Crippen molar-refractivity contribution in [1.29, 1.82) is 0 Å². The number of carbonyl (C=O) groups excluding carboxylic acids is 1. The van der Waals surface area contributed by atoms with Gasteiger partial charge in [0, 0.05) is 32.4 Å². The van der Waals surface area contributed by atoms with Crippen molar-refractivity contribution in [2.24, 2.45) is 0 Å². The minimum absolute atomic E-state index is 0.205. The Hall–Kier alpha value is -1.60. The maximum atomic E-state index is 11.8.